The van der Waals surface area contributed by atoms with Crippen molar-refractivity contribution in [1.29, 1.82) is 0 Å². The molecule has 0 saturated heterocycles. The van der Waals surface area contributed by atoms with E-state index in [0.29, 0.717) is 40.6 Å². The number of fused-ring (bicyclic) bond motifs is 1. The van der Waals surface area contributed by atoms with Crippen LogP contribution in [0.2, 0.25) is 0 Å². The Morgan fingerprint density at radius 2 is 1.34 bits per heavy atom. The normalized spacial score (nSPS) is 10.8. The van der Waals surface area contributed by atoms with Gasteiger partial charge in [-0.3, -0.25) is 0 Å². The Hall–Kier alpha value is -3.72. The van der Waals surface area contributed by atoms with Gasteiger partial charge in [-0.1, -0.05) is 24.8 Å². The smallest absolute Gasteiger partial charge is 0.159 e. The number of nitrogens with zero attached hydrogens (tertiary/aromatic N) is 2. The molecule has 4 aromatic rings. The first kappa shape index (κ1) is 21.5. The molecule has 4 rings (SSSR count). The van der Waals surface area contributed by atoms with E-state index in [9.17, 15) is 17.6 Å². The van der Waals surface area contributed by atoms with Gasteiger partial charge < -0.3 is 0 Å². The lowest BCUT2D eigenvalue weighted by Gasteiger charge is -2.05. The minimum Gasteiger partial charge on any atom is -0.241 e. The maximum absolute atomic E-state index is 14.5. The van der Waals surface area contributed by atoms with Crippen molar-refractivity contribution in [2.45, 2.75) is 26.2 Å². The summed E-state index contributed by atoms with van der Waals surface area (Å²) < 4.78 is 55.8. The molecular weight excluding hydrogens is 416 g/mol. The summed E-state index contributed by atoms with van der Waals surface area (Å²) >= 11 is 0. The lowest BCUT2D eigenvalue weighted by atomic mass is 10.0. The fourth-order valence-corrected chi connectivity index (χ4v) is 3.29. The summed E-state index contributed by atoms with van der Waals surface area (Å²) in [5.74, 6) is 2.38. The van der Waals surface area contributed by atoms with Crippen LogP contribution in [-0.2, 0) is 19.3 Å². The summed E-state index contributed by atoms with van der Waals surface area (Å²) in [4.78, 5) is 8.51. The SMILES string of the molecule is CCc1cnc(CCc2cc(F)c(C#Cc3ccc4cc(F)c(F)cc4c3)c(F)c2)nc1. The molecule has 0 aliphatic rings. The van der Waals surface area contributed by atoms with Gasteiger partial charge in [0.25, 0.3) is 0 Å². The van der Waals surface area contributed by atoms with Crippen molar-refractivity contribution in [3.8, 4) is 11.8 Å². The number of rotatable bonds is 4. The number of hydrogen-bond acceptors (Lipinski definition) is 2. The highest BCUT2D eigenvalue weighted by molar-refractivity contribution is 5.84. The van der Waals surface area contributed by atoms with Crippen molar-refractivity contribution in [1.82, 2.24) is 9.97 Å². The van der Waals surface area contributed by atoms with Crippen LogP contribution in [-0.4, -0.2) is 9.97 Å². The first-order valence-corrected chi connectivity index (χ1v) is 10.1. The number of benzene rings is 3. The van der Waals surface area contributed by atoms with E-state index in [2.05, 4.69) is 21.8 Å². The van der Waals surface area contributed by atoms with Crippen molar-refractivity contribution in [2.75, 3.05) is 0 Å². The summed E-state index contributed by atoms with van der Waals surface area (Å²) in [7, 11) is 0. The zero-order chi connectivity index (χ0) is 22.7. The Morgan fingerprint density at radius 3 is 2.00 bits per heavy atom. The van der Waals surface area contributed by atoms with Crippen molar-refractivity contribution in [2.24, 2.45) is 0 Å². The molecule has 0 spiro atoms. The first-order chi connectivity index (χ1) is 15.4. The Balaban J connectivity index is 1.53. The van der Waals surface area contributed by atoms with Gasteiger partial charge in [0.05, 0.1) is 5.56 Å². The third kappa shape index (κ3) is 4.78. The number of halogens is 4. The van der Waals surface area contributed by atoms with Crippen molar-refractivity contribution in [3.63, 3.8) is 0 Å². The summed E-state index contributed by atoms with van der Waals surface area (Å²) in [6, 6.07) is 9.36. The van der Waals surface area contributed by atoms with Gasteiger partial charge >= 0.3 is 0 Å². The molecule has 0 unspecified atom stereocenters. The van der Waals surface area contributed by atoms with Gasteiger partial charge in [0.1, 0.15) is 17.5 Å². The van der Waals surface area contributed by atoms with Gasteiger partial charge in [0.2, 0.25) is 0 Å². The second-order valence-corrected chi connectivity index (χ2v) is 7.37. The molecule has 0 fully saturated rings. The lowest BCUT2D eigenvalue weighted by Crippen LogP contribution is -2.01. The maximum Gasteiger partial charge on any atom is 0.159 e. The van der Waals surface area contributed by atoms with Crippen LogP contribution in [0.5, 0.6) is 0 Å². The number of aryl methyl sites for hydroxylation is 3. The molecule has 0 N–H and O–H groups in total. The van der Waals surface area contributed by atoms with E-state index in [0.717, 1.165) is 24.1 Å². The first-order valence-electron chi connectivity index (χ1n) is 10.1. The molecule has 1 heterocycles. The van der Waals surface area contributed by atoms with Crippen molar-refractivity contribution >= 4 is 10.8 Å². The standard InChI is InChI=1S/C26H18F4N2/c1-2-16-14-31-26(32-15-16)8-5-18-10-22(27)21(23(28)11-18)7-4-17-3-6-19-12-24(29)25(30)13-20(19)9-17/h3,6,9-15H,2,5,8H2,1H3. The van der Waals surface area contributed by atoms with Gasteiger partial charge in [-0.15, -0.1) is 0 Å². The minimum atomic E-state index is -0.970. The molecular formula is C26H18F4N2. The van der Waals surface area contributed by atoms with Crippen molar-refractivity contribution < 1.29 is 17.6 Å². The highest BCUT2D eigenvalue weighted by Gasteiger charge is 2.10. The second-order valence-electron chi connectivity index (χ2n) is 7.37. The molecule has 3 aromatic carbocycles. The van der Waals surface area contributed by atoms with Crippen LogP contribution >= 0.6 is 0 Å². The van der Waals surface area contributed by atoms with Crippen LogP contribution in [0.15, 0.2) is 54.9 Å². The van der Waals surface area contributed by atoms with Crippen LogP contribution in [0.1, 0.15) is 35.0 Å². The number of hydrogen-bond donors (Lipinski definition) is 0. The Kier molecular flexibility index (Phi) is 6.18. The highest BCUT2D eigenvalue weighted by atomic mass is 19.2. The zero-order valence-corrected chi connectivity index (χ0v) is 17.2. The fraction of sp³-hybridized carbons (Fsp3) is 0.154. The predicted octanol–water partition coefficient (Wildman–Crippen LogP) is 5.93. The average molecular weight is 434 g/mol. The summed E-state index contributed by atoms with van der Waals surface area (Å²) in [6.07, 6.45) is 5.19. The molecule has 160 valence electrons. The molecule has 0 saturated carbocycles. The predicted molar refractivity (Wildman–Crippen MR) is 115 cm³/mol. The molecule has 0 atom stereocenters. The molecule has 0 aliphatic heterocycles. The van der Waals surface area contributed by atoms with Crippen molar-refractivity contribution in [3.05, 3.63) is 106 Å². The van der Waals surface area contributed by atoms with E-state index in [-0.39, 0.29) is 5.56 Å². The van der Waals surface area contributed by atoms with E-state index in [4.69, 9.17) is 0 Å². The Labute approximate surface area is 183 Å². The molecule has 0 bridgehead atoms. The monoisotopic (exact) mass is 434 g/mol. The topological polar surface area (TPSA) is 25.8 Å². The van der Waals surface area contributed by atoms with E-state index >= 15 is 0 Å². The average Bonchev–Trinajstić information content (AvgIpc) is 2.78. The minimum absolute atomic E-state index is 0.345. The quantitative estimate of drug-likeness (QED) is 0.294. The van der Waals surface area contributed by atoms with Gasteiger partial charge in [0.15, 0.2) is 11.6 Å². The van der Waals surface area contributed by atoms with Gasteiger partial charge in [-0.2, -0.15) is 0 Å². The lowest BCUT2D eigenvalue weighted by molar-refractivity contribution is 0.511. The summed E-state index contributed by atoms with van der Waals surface area (Å²) in [6.45, 7) is 2.01. The molecule has 0 radical (unpaired) electrons. The Morgan fingerprint density at radius 1 is 0.688 bits per heavy atom. The third-order valence-electron chi connectivity index (χ3n) is 5.12. The van der Waals surface area contributed by atoms with Crippen LogP contribution in [0.25, 0.3) is 10.8 Å². The van der Waals surface area contributed by atoms with E-state index in [1.807, 2.05) is 6.92 Å². The van der Waals surface area contributed by atoms with Crippen LogP contribution in [0, 0.1) is 35.1 Å². The van der Waals surface area contributed by atoms with Crippen LogP contribution in [0.3, 0.4) is 0 Å². The van der Waals surface area contributed by atoms with Gasteiger partial charge in [-0.05, 0) is 71.1 Å². The summed E-state index contributed by atoms with van der Waals surface area (Å²) in [5, 5.41) is 0.950. The molecule has 1 aromatic heterocycles. The van der Waals surface area contributed by atoms with Crippen LogP contribution < -0.4 is 0 Å². The number of aromatic nitrogens is 2. The molecule has 0 amide bonds. The highest BCUT2D eigenvalue weighted by Crippen LogP contribution is 2.20. The van der Waals surface area contributed by atoms with E-state index in [1.165, 1.54) is 12.1 Å². The van der Waals surface area contributed by atoms with Gasteiger partial charge in [-0.25, -0.2) is 27.5 Å². The van der Waals surface area contributed by atoms with Gasteiger partial charge in [0, 0.05) is 24.4 Å². The largest absolute Gasteiger partial charge is 0.241 e. The molecule has 32 heavy (non-hydrogen) atoms. The molecule has 2 nitrogen and oxygen atoms in total. The van der Waals surface area contributed by atoms with Crippen LogP contribution in [0.4, 0.5) is 17.6 Å². The molecule has 0 aliphatic carbocycles. The third-order valence-corrected chi connectivity index (χ3v) is 5.12. The molecule has 6 heteroatoms. The zero-order valence-electron chi connectivity index (χ0n) is 17.2. The van der Waals surface area contributed by atoms with E-state index in [1.54, 1.807) is 30.6 Å². The Bertz CT molecular complexity index is 1330. The summed E-state index contributed by atoms with van der Waals surface area (Å²) in [5.41, 5.74) is 1.59. The maximum atomic E-state index is 14.5. The second kappa shape index (κ2) is 9.19. The van der Waals surface area contributed by atoms with E-state index < -0.39 is 23.3 Å². The fourth-order valence-electron chi connectivity index (χ4n) is 3.29.